The largest absolute Gasteiger partial charge is 0.421 e. The minimum atomic E-state index is -0.0351. The van der Waals surface area contributed by atoms with E-state index in [2.05, 4.69) is 32.2 Å². The number of nitrogens with zero attached hydrogens (tertiary/aromatic N) is 5. The van der Waals surface area contributed by atoms with Crippen LogP contribution in [-0.2, 0) is 17.7 Å². The summed E-state index contributed by atoms with van der Waals surface area (Å²) in [7, 11) is 0. The zero-order valence-electron chi connectivity index (χ0n) is 14.7. The highest BCUT2D eigenvalue weighted by Gasteiger charge is 2.31. The highest BCUT2D eigenvalue weighted by atomic mass is 16.5. The number of hydrogen-bond acceptors (Lipinski definition) is 8. The van der Waals surface area contributed by atoms with E-state index in [4.69, 9.17) is 13.7 Å². The lowest BCUT2D eigenvalue weighted by molar-refractivity contribution is 0.0788. The van der Waals surface area contributed by atoms with Crippen molar-refractivity contribution in [2.45, 2.75) is 70.6 Å². The summed E-state index contributed by atoms with van der Waals surface area (Å²) in [6.07, 6.45) is 7.12. The third-order valence-electron chi connectivity index (χ3n) is 4.88. The predicted octanol–water partition coefficient (Wildman–Crippen LogP) is 2.98. The lowest BCUT2D eigenvalue weighted by Gasteiger charge is -2.32. The second-order valence-corrected chi connectivity index (χ2v) is 6.82. The Labute approximate surface area is 146 Å². The van der Waals surface area contributed by atoms with Gasteiger partial charge >= 0.3 is 0 Å². The van der Waals surface area contributed by atoms with Gasteiger partial charge in [0.2, 0.25) is 17.7 Å². The number of piperidine rings is 1. The Morgan fingerprint density at radius 2 is 2.04 bits per heavy atom. The molecule has 0 aliphatic carbocycles. The molecule has 2 saturated heterocycles. The van der Waals surface area contributed by atoms with Gasteiger partial charge in [0.15, 0.2) is 5.82 Å². The van der Waals surface area contributed by atoms with Gasteiger partial charge in [-0.1, -0.05) is 18.5 Å². The molecule has 0 N–H and O–H groups in total. The normalized spacial score (nSPS) is 24.8. The quantitative estimate of drug-likeness (QED) is 0.788. The summed E-state index contributed by atoms with van der Waals surface area (Å²) in [6.45, 7) is 4.50. The van der Waals surface area contributed by atoms with Crippen LogP contribution in [0.5, 0.6) is 0 Å². The number of aromatic nitrogens is 4. The molecule has 2 aromatic rings. The van der Waals surface area contributed by atoms with Crippen molar-refractivity contribution in [1.29, 1.82) is 0 Å². The van der Waals surface area contributed by atoms with Crippen molar-refractivity contribution in [2.75, 3.05) is 13.2 Å². The van der Waals surface area contributed by atoms with Gasteiger partial charge in [0, 0.05) is 13.0 Å². The van der Waals surface area contributed by atoms with Crippen molar-refractivity contribution in [2.24, 2.45) is 0 Å². The second-order valence-electron chi connectivity index (χ2n) is 6.82. The fourth-order valence-corrected chi connectivity index (χ4v) is 3.60. The molecule has 0 bridgehead atoms. The summed E-state index contributed by atoms with van der Waals surface area (Å²) in [4.78, 5) is 6.80. The van der Waals surface area contributed by atoms with Crippen LogP contribution in [0.1, 0.15) is 81.1 Å². The standard InChI is InChI=1S/C17H25N5O3/c1-2-6-15-18-14(21-25-15)11-22-9-4-3-7-12(22)16-19-20-17(24-16)13-8-5-10-23-13/h12-13H,2-11H2,1H3/t12-,13-/m1/s1. The van der Waals surface area contributed by atoms with E-state index in [-0.39, 0.29) is 12.1 Å². The maximum Gasteiger partial charge on any atom is 0.245 e. The van der Waals surface area contributed by atoms with E-state index in [9.17, 15) is 0 Å². The van der Waals surface area contributed by atoms with Gasteiger partial charge < -0.3 is 13.7 Å². The van der Waals surface area contributed by atoms with E-state index in [1.165, 1.54) is 0 Å². The monoisotopic (exact) mass is 347 g/mol. The van der Waals surface area contributed by atoms with Crippen LogP contribution in [-0.4, -0.2) is 38.4 Å². The van der Waals surface area contributed by atoms with Crippen LogP contribution in [0.3, 0.4) is 0 Å². The van der Waals surface area contributed by atoms with E-state index < -0.39 is 0 Å². The minimum absolute atomic E-state index is 0.0351. The number of ether oxygens (including phenoxy) is 1. The number of aryl methyl sites for hydroxylation is 1. The van der Waals surface area contributed by atoms with Gasteiger partial charge in [-0.3, -0.25) is 4.90 Å². The molecule has 0 unspecified atom stereocenters. The molecule has 2 fully saturated rings. The Kier molecular flexibility index (Phi) is 5.07. The van der Waals surface area contributed by atoms with E-state index in [1.807, 2.05) is 0 Å². The lowest BCUT2D eigenvalue weighted by atomic mass is 10.0. The second kappa shape index (κ2) is 7.61. The molecule has 25 heavy (non-hydrogen) atoms. The molecular formula is C17H25N5O3. The highest BCUT2D eigenvalue weighted by Crippen LogP contribution is 2.34. The Morgan fingerprint density at radius 3 is 2.88 bits per heavy atom. The first kappa shape index (κ1) is 16.7. The van der Waals surface area contributed by atoms with Crippen molar-refractivity contribution in [3.8, 4) is 0 Å². The van der Waals surface area contributed by atoms with Crippen molar-refractivity contribution in [3.05, 3.63) is 23.5 Å². The molecule has 0 aromatic carbocycles. The van der Waals surface area contributed by atoms with Gasteiger partial charge in [0.1, 0.15) is 6.10 Å². The maximum absolute atomic E-state index is 5.97. The van der Waals surface area contributed by atoms with Gasteiger partial charge in [0.05, 0.1) is 12.6 Å². The van der Waals surface area contributed by atoms with E-state index >= 15 is 0 Å². The van der Waals surface area contributed by atoms with Crippen molar-refractivity contribution in [3.63, 3.8) is 0 Å². The van der Waals surface area contributed by atoms with Gasteiger partial charge in [-0.25, -0.2) is 0 Å². The van der Waals surface area contributed by atoms with Gasteiger partial charge in [0.25, 0.3) is 0 Å². The van der Waals surface area contributed by atoms with E-state index in [0.717, 1.165) is 63.9 Å². The van der Waals surface area contributed by atoms with Crippen LogP contribution in [0, 0.1) is 0 Å². The summed E-state index contributed by atoms with van der Waals surface area (Å²) >= 11 is 0. The third kappa shape index (κ3) is 3.74. The Bertz CT molecular complexity index is 679. The molecule has 8 nitrogen and oxygen atoms in total. The summed E-state index contributed by atoms with van der Waals surface area (Å²) in [5.74, 6) is 2.74. The Hall–Kier alpha value is -1.80. The molecule has 136 valence electrons. The molecule has 4 rings (SSSR count). The smallest absolute Gasteiger partial charge is 0.245 e. The van der Waals surface area contributed by atoms with Crippen LogP contribution in [0.2, 0.25) is 0 Å². The highest BCUT2D eigenvalue weighted by molar-refractivity contribution is 4.97. The zero-order valence-corrected chi connectivity index (χ0v) is 14.7. The molecule has 2 aliphatic heterocycles. The van der Waals surface area contributed by atoms with Crippen LogP contribution >= 0.6 is 0 Å². The van der Waals surface area contributed by atoms with E-state index in [0.29, 0.717) is 24.2 Å². The topological polar surface area (TPSA) is 90.3 Å². The molecule has 0 amide bonds. The average Bonchev–Trinajstić information content (AvgIpc) is 3.37. The Morgan fingerprint density at radius 1 is 1.12 bits per heavy atom. The average molecular weight is 347 g/mol. The van der Waals surface area contributed by atoms with Crippen molar-refractivity contribution < 1.29 is 13.7 Å². The Balaban J connectivity index is 1.46. The summed E-state index contributed by atoms with van der Waals surface area (Å²) in [6, 6.07) is 0.115. The molecular weight excluding hydrogens is 322 g/mol. The molecule has 2 aliphatic rings. The summed E-state index contributed by atoms with van der Waals surface area (Å²) in [5.41, 5.74) is 0. The summed E-state index contributed by atoms with van der Waals surface area (Å²) < 4.78 is 16.9. The van der Waals surface area contributed by atoms with Crippen LogP contribution in [0.4, 0.5) is 0 Å². The van der Waals surface area contributed by atoms with Crippen LogP contribution < -0.4 is 0 Å². The van der Waals surface area contributed by atoms with Crippen LogP contribution in [0.15, 0.2) is 8.94 Å². The van der Waals surface area contributed by atoms with Crippen molar-refractivity contribution >= 4 is 0 Å². The number of rotatable bonds is 6. The van der Waals surface area contributed by atoms with Gasteiger partial charge in [-0.05, 0) is 38.6 Å². The molecule has 4 heterocycles. The minimum Gasteiger partial charge on any atom is -0.421 e. The summed E-state index contributed by atoms with van der Waals surface area (Å²) in [5, 5.41) is 12.6. The number of hydrogen-bond donors (Lipinski definition) is 0. The molecule has 2 aromatic heterocycles. The third-order valence-corrected chi connectivity index (χ3v) is 4.88. The molecule has 8 heteroatoms. The molecule has 0 radical (unpaired) electrons. The number of likely N-dealkylation sites (tertiary alicyclic amines) is 1. The molecule has 2 atom stereocenters. The van der Waals surface area contributed by atoms with Gasteiger partial charge in [-0.15, -0.1) is 10.2 Å². The molecule has 0 saturated carbocycles. The first-order valence-corrected chi connectivity index (χ1v) is 9.34. The van der Waals surface area contributed by atoms with Gasteiger partial charge in [-0.2, -0.15) is 4.98 Å². The zero-order chi connectivity index (χ0) is 17.1. The fourth-order valence-electron chi connectivity index (χ4n) is 3.60. The SMILES string of the molecule is CCCc1nc(CN2CCCC[C@@H]2c2nnc([C@H]3CCCO3)o2)no1. The maximum atomic E-state index is 5.97. The first-order valence-electron chi connectivity index (χ1n) is 9.34. The molecule has 0 spiro atoms. The first-order chi connectivity index (χ1) is 12.3. The van der Waals surface area contributed by atoms with E-state index in [1.54, 1.807) is 0 Å². The lowest BCUT2D eigenvalue weighted by Crippen LogP contribution is -2.33. The van der Waals surface area contributed by atoms with Crippen LogP contribution in [0.25, 0.3) is 0 Å². The predicted molar refractivity (Wildman–Crippen MR) is 87.5 cm³/mol. The fraction of sp³-hybridized carbons (Fsp3) is 0.765. The van der Waals surface area contributed by atoms with Crippen molar-refractivity contribution in [1.82, 2.24) is 25.2 Å².